The quantitative estimate of drug-likeness (QED) is 0.832. The summed E-state index contributed by atoms with van der Waals surface area (Å²) in [6.45, 7) is 0. The summed E-state index contributed by atoms with van der Waals surface area (Å²) in [5.41, 5.74) is 0.278. The third kappa shape index (κ3) is 2.59. The lowest BCUT2D eigenvalue weighted by Crippen LogP contribution is -2.37. The second-order valence-electron chi connectivity index (χ2n) is 4.83. The number of carbonyl (C=O) groups is 1. The standard InChI is InChI=1S/C14H17BrO2S/c1-18-12-8-10(7-11(15)9-12)14(13(16)17)5-3-2-4-6-14/h7-9H,2-6H2,1H3,(H,16,17). The van der Waals surface area contributed by atoms with Crippen molar-refractivity contribution in [2.75, 3.05) is 6.26 Å². The van der Waals surface area contributed by atoms with E-state index in [9.17, 15) is 9.90 Å². The van der Waals surface area contributed by atoms with E-state index >= 15 is 0 Å². The first-order valence-electron chi connectivity index (χ1n) is 6.17. The third-order valence-corrected chi connectivity index (χ3v) is 4.94. The molecule has 0 amide bonds. The highest BCUT2D eigenvalue weighted by Gasteiger charge is 2.41. The van der Waals surface area contributed by atoms with Gasteiger partial charge in [-0.1, -0.05) is 35.2 Å². The van der Waals surface area contributed by atoms with Crippen LogP contribution in [0.15, 0.2) is 27.6 Å². The van der Waals surface area contributed by atoms with Crippen molar-refractivity contribution < 1.29 is 9.90 Å². The molecule has 2 rings (SSSR count). The van der Waals surface area contributed by atoms with E-state index in [1.54, 1.807) is 11.8 Å². The minimum Gasteiger partial charge on any atom is -0.481 e. The first-order valence-corrected chi connectivity index (χ1v) is 8.19. The molecule has 4 heteroatoms. The average molecular weight is 329 g/mol. The molecular formula is C14H17BrO2S. The van der Waals surface area contributed by atoms with Gasteiger partial charge in [-0.2, -0.15) is 0 Å². The van der Waals surface area contributed by atoms with Crippen molar-refractivity contribution >= 4 is 33.7 Å². The van der Waals surface area contributed by atoms with Gasteiger partial charge in [-0.15, -0.1) is 11.8 Å². The zero-order chi connectivity index (χ0) is 13.2. The first-order chi connectivity index (χ1) is 8.58. The van der Waals surface area contributed by atoms with Gasteiger partial charge in [0.2, 0.25) is 0 Å². The Labute approximate surface area is 120 Å². The number of aliphatic carboxylic acids is 1. The van der Waals surface area contributed by atoms with Crippen LogP contribution in [-0.2, 0) is 10.2 Å². The topological polar surface area (TPSA) is 37.3 Å². The molecule has 98 valence electrons. The van der Waals surface area contributed by atoms with Crippen LogP contribution in [0.25, 0.3) is 0 Å². The van der Waals surface area contributed by atoms with E-state index < -0.39 is 11.4 Å². The molecule has 0 aromatic heterocycles. The van der Waals surface area contributed by atoms with Gasteiger partial charge in [-0.05, 0) is 42.9 Å². The fourth-order valence-electron chi connectivity index (χ4n) is 2.74. The van der Waals surface area contributed by atoms with Crippen LogP contribution in [0.4, 0.5) is 0 Å². The maximum atomic E-state index is 11.8. The molecule has 0 spiro atoms. The lowest BCUT2D eigenvalue weighted by atomic mass is 9.69. The molecule has 1 N–H and O–H groups in total. The Morgan fingerprint density at radius 3 is 2.50 bits per heavy atom. The molecular weight excluding hydrogens is 312 g/mol. The van der Waals surface area contributed by atoms with Crippen LogP contribution in [0.1, 0.15) is 37.7 Å². The smallest absolute Gasteiger partial charge is 0.314 e. The Balaban J connectivity index is 2.48. The van der Waals surface area contributed by atoms with E-state index in [1.807, 2.05) is 24.5 Å². The third-order valence-electron chi connectivity index (χ3n) is 3.78. The molecule has 1 aliphatic rings. The molecule has 0 radical (unpaired) electrons. The predicted molar refractivity (Wildman–Crippen MR) is 78.3 cm³/mol. The highest BCUT2D eigenvalue weighted by Crippen LogP contribution is 2.41. The summed E-state index contributed by atoms with van der Waals surface area (Å²) in [4.78, 5) is 12.9. The monoisotopic (exact) mass is 328 g/mol. The van der Waals surface area contributed by atoms with E-state index in [2.05, 4.69) is 15.9 Å². The van der Waals surface area contributed by atoms with Crippen LogP contribution >= 0.6 is 27.7 Å². The predicted octanol–water partition coefficient (Wildman–Crippen LogP) is 4.46. The minimum absolute atomic E-state index is 0.674. The van der Waals surface area contributed by atoms with Gasteiger partial charge >= 0.3 is 5.97 Å². The van der Waals surface area contributed by atoms with Crippen molar-refractivity contribution in [3.05, 3.63) is 28.2 Å². The fourth-order valence-corrected chi connectivity index (χ4v) is 3.87. The lowest BCUT2D eigenvalue weighted by Gasteiger charge is -2.34. The Morgan fingerprint density at radius 1 is 1.28 bits per heavy atom. The van der Waals surface area contributed by atoms with Gasteiger partial charge in [0.05, 0.1) is 5.41 Å². The number of rotatable bonds is 3. The van der Waals surface area contributed by atoms with Crippen LogP contribution in [0.5, 0.6) is 0 Å². The number of hydrogen-bond acceptors (Lipinski definition) is 2. The summed E-state index contributed by atoms with van der Waals surface area (Å²) >= 11 is 5.14. The van der Waals surface area contributed by atoms with Crippen LogP contribution in [0.3, 0.4) is 0 Å². The van der Waals surface area contributed by atoms with Crippen LogP contribution in [0.2, 0.25) is 0 Å². The highest BCUT2D eigenvalue weighted by molar-refractivity contribution is 9.10. The highest BCUT2D eigenvalue weighted by atomic mass is 79.9. The number of carboxylic acids is 1. The summed E-state index contributed by atoms with van der Waals surface area (Å²) in [6, 6.07) is 6.04. The maximum absolute atomic E-state index is 11.8. The zero-order valence-electron chi connectivity index (χ0n) is 10.4. The fraction of sp³-hybridized carbons (Fsp3) is 0.500. The molecule has 1 aromatic rings. The summed E-state index contributed by atoms with van der Waals surface area (Å²) < 4.78 is 0.968. The Bertz CT molecular complexity index is 453. The summed E-state index contributed by atoms with van der Waals surface area (Å²) in [5, 5.41) is 9.67. The van der Waals surface area contributed by atoms with Crippen molar-refractivity contribution in [1.29, 1.82) is 0 Å². The molecule has 1 aromatic carbocycles. The average Bonchev–Trinajstić information content (AvgIpc) is 2.38. The molecule has 0 atom stereocenters. The van der Waals surface area contributed by atoms with Crippen LogP contribution in [-0.4, -0.2) is 17.3 Å². The van der Waals surface area contributed by atoms with Gasteiger partial charge in [0, 0.05) is 9.37 Å². The van der Waals surface area contributed by atoms with Crippen molar-refractivity contribution in [3.63, 3.8) is 0 Å². The van der Waals surface area contributed by atoms with Gasteiger partial charge in [-0.3, -0.25) is 4.79 Å². The summed E-state index contributed by atoms with van der Waals surface area (Å²) in [5.74, 6) is -0.674. The molecule has 0 bridgehead atoms. The van der Waals surface area contributed by atoms with Gasteiger partial charge in [0.1, 0.15) is 0 Å². The van der Waals surface area contributed by atoms with E-state index in [-0.39, 0.29) is 0 Å². The number of halogens is 1. The van der Waals surface area contributed by atoms with E-state index in [0.717, 1.165) is 47.0 Å². The zero-order valence-corrected chi connectivity index (χ0v) is 12.8. The molecule has 1 fully saturated rings. The second-order valence-corrected chi connectivity index (χ2v) is 6.62. The van der Waals surface area contributed by atoms with E-state index in [1.165, 1.54) is 0 Å². The molecule has 0 saturated heterocycles. The maximum Gasteiger partial charge on any atom is 0.314 e. The first kappa shape index (κ1) is 13.9. The number of thioether (sulfide) groups is 1. The molecule has 2 nitrogen and oxygen atoms in total. The van der Waals surface area contributed by atoms with Crippen molar-refractivity contribution in [2.24, 2.45) is 0 Å². The van der Waals surface area contributed by atoms with Gasteiger partial charge in [0.15, 0.2) is 0 Å². The lowest BCUT2D eigenvalue weighted by molar-refractivity contribution is -0.145. The summed E-state index contributed by atoms with van der Waals surface area (Å²) in [6.07, 6.45) is 6.69. The van der Waals surface area contributed by atoms with Gasteiger partial charge < -0.3 is 5.11 Å². The largest absolute Gasteiger partial charge is 0.481 e. The second kappa shape index (κ2) is 5.66. The Kier molecular flexibility index (Phi) is 4.38. The molecule has 0 unspecified atom stereocenters. The Hall–Kier alpha value is -0.480. The number of carboxylic acid groups (broad SMARTS) is 1. The van der Waals surface area contributed by atoms with Crippen molar-refractivity contribution in [1.82, 2.24) is 0 Å². The molecule has 18 heavy (non-hydrogen) atoms. The van der Waals surface area contributed by atoms with E-state index in [4.69, 9.17) is 0 Å². The SMILES string of the molecule is CSc1cc(Br)cc(C2(C(=O)O)CCCCC2)c1. The molecule has 1 saturated carbocycles. The van der Waals surface area contributed by atoms with Gasteiger partial charge in [-0.25, -0.2) is 0 Å². The Morgan fingerprint density at radius 2 is 1.94 bits per heavy atom. The minimum atomic E-state index is -0.674. The molecule has 0 heterocycles. The van der Waals surface area contributed by atoms with Gasteiger partial charge in [0.25, 0.3) is 0 Å². The van der Waals surface area contributed by atoms with Crippen LogP contribution < -0.4 is 0 Å². The summed E-state index contributed by atoms with van der Waals surface area (Å²) in [7, 11) is 0. The number of benzene rings is 1. The molecule has 1 aliphatic carbocycles. The number of hydrogen-bond donors (Lipinski definition) is 1. The normalized spacial score (nSPS) is 18.6. The van der Waals surface area contributed by atoms with Crippen molar-refractivity contribution in [3.8, 4) is 0 Å². The van der Waals surface area contributed by atoms with E-state index in [0.29, 0.717) is 0 Å². The van der Waals surface area contributed by atoms with Crippen molar-refractivity contribution in [2.45, 2.75) is 42.4 Å². The van der Waals surface area contributed by atoms with Crippen LogP contribution in [0, 0.1) is 0 Å². The molecule has 0 aliphatic heterocycles.